The molecule has 4 nitrogen and oxygen atoms in total. The largest absolute Gasteiger partial charge is 0.367 e. The molecule has 0 unspecified atom stereocenters. The van der Waals surface area contributed by atoms with E-state index in [-0.39, 0.29) is 11.0 Å². The molecule has 1 heterocycles. The minimum atomic E-state index is -0.406. The Morgan fingerprint density at radius 2 is 2.11 bits per heavy atom. The minimum Gasteiger partial charge on any atom is -0.367 e. The number of halogens is 1. The Labute approximate surface area is 118 Å². The summed E-state index contributed by atoms with van der Waals surface area (Å²) in [5.74, 6) is -0.406. The molecule has 0 bridgehead atoms. The van der Waals surface area contributed by atoms with Gasteiger partial charge in [-0.3, -0.25) is 9.59 Å². The van der Waals surface area contributed by atoms with Crippen molar-refractivity contribution in [2.75, 3.05) is 5.32 Å². The van der Waals surface area contributed by atoms with E-state index in [1.165, 1.54) is 18.5 Å². The number of H-pyrrole nitrogens is 1. The SMILES string of the molecule is Cc1ccc(NC(=O)c2c[nH]ccc2=O)cc1I. The molecule has 0 aliphatic heterocycles. The van der Waals surface area contributed by atoms with Gasteiger partial charge < -0.3 is 10.3 Å². The quantitative estimate of drug-likeness (QED) is 0.815. The number of hydrogen-bond acceptors (Lipinski definition) is 2. The smallest absolute Gasteiger partial charge is 0.261 e. The molecule has 1 aromatic carbocycles. The van der Waals surface area contributed by atoms with Gasteiger partial charge in [-0.15, -0.1) is 0 Å². The number of pyridine rings is 1. The van der Waals surface area contributed by atoms with Gasteiger partial charge in [0.1, 0.15) is 5.56 Å². The van der Waals surface area contributed by atoms with Crippen LogP contribution in [0, 0.1) is 10.5 Å². The molecule has 0 atom stereocenters. The van der Waals surface area contributed by atoms with Gasteiger partial charge in [-0.05, 0) is 47.2 Å². The first-order chi connectivity index (χ1) is 8.58. The van der Waals surface area contributed by atoms with Crippen LogP contribution in [0.25, 0.3) is 0 Å². The maximum atomic E-state index is 11.9. The number of nitrogens with one attached hydrogen (secondary N) is 2. The molecule has 0 radical (unpaired) electrons. The zero-order valence-electron chi connectivity index (χ0n) is 9.66. The Bertz CT molecular complexity index is 649. The lowest BCUT2D eigenvalue weighted by molar-refractivity contribution is 0.102. The van der Waals surface area contributed by atoms with Gasteiger partial charge in [-0.1, -0.05) is 6.07 Å². The Morgan fingerprint density at radius 1 is 1.33 bits per heavy atom. The van der Waals surface area contributed by atoms with E-state index in [0.717, 1.165) is 9.13 Å². The molecule has 0 aliphatic carbocycles. The van der Waals surface area contributed by atoms with Crippen LogP contribution in [0.2, 0.25) is 0 Å². The van der Waals surface area contributed by atoms with E-state index in [1.807, 2.05) is 25.1 Å². The molecule has 1 aromatic heterocycles. The van der Waals surface area contributed by atoms with Gasteiger partial charge in [-0.25, -0.2) is 0 Å². The normalized spacial score (nSPS) is 10.1. The second-order valence-electron chi connectivity index (χ2n) is 3.84. The van der Waals surface area contributed by atoms with Crippen molar-refractivity contribution in [3.05, 3.63) is 61.6 Å². The number of rotatable bonds is 2. The fourth-order valence-corrected chi connectivity index (χ4v) is 1.98. The van der Waals surface area contributed by atoms with Gasteiger partial charge in [0.25, 0.3) is 5.91 Å². The third kappa shape index (κ3) is 2.79. The van der Waals surface area contributed by atoms with Crippen LogP contribution >= 0.6 is 22.6 Å². The Kier molecular flexibility index (Phi) is 3.81. The predicted molar refractivity (Wildman–Crippen MR) is 78.9 cm³/mol. The third-order valence-electron chi connectivity index (χ3n) is 2.50. The van der Waals surface area contributed by atoms with Crippen molar-refractivity contribution >= 4 is 34.2 Å². The first-order valence-electron chi connectivity index (χ1n) is 5.32. The number of carbonyl (C=O) groups is 1. The van der Waals surface area contributed by atoms with Crippen molar-refractivity contribution in [2.45, 2.75) is 6.92 Å². The third-order valence-corrected chi connectivity index (χ3v) is 3.66. The Balaban J connectivity index is 2.24. The van der Waals surface area contributed by atoms with Crippen molar-refractivity contribution in [1.29, 1.82) is 0 Å². The van der Waals surface area contributed by atoms with Gasteiger partial charge in [0, 0.05) is 27.7 Å². The molecule has 92 valence electrons. The van der Waals surface area contributed by atoms with Gasteiger partial charge in [0.2, 0.25) is 0 Å². The highest BCUT2D eigenvalue weighted by atomic mass is 127. The molecule has 0 aliphatic rings. The van der Waals surface area contributed by atoms with Crippen LogP contribution in [0.15, 0.2) is 41.5 Å². The summed E-state index contributed by atoms with van der Waals surface area (Å²) in [5.41, 5.74) is 1.63. The highest BCUT2D eigenvalue weighted by molar-refractivity contribution is 14.1. The zero-order valence-corrected chi connectivity index (χ0v) is 11.8. The van der Waals surface area contributed by atoms with E-state index in [4.69, 9.17) is 0 Å². The van der Waals surface area contributed by atoms with E-state index in [9.17, 15) is 9.59 Å². The molecular formula is C13H11IN2O2. The summed E-state index contributed by atoms with van der Waals surface area (Å²) in [4.78, 5) is 26.1. The Morgan fingerprint density at radius 3 is 2.78 bits per heavy atom. The number of aryl methyl sites for hydroxylation is 1. The monoisotopic (exact) mass is 354 g/mol. The number of amides is 1. The van der Waals surface area contributed by atoms with Gasteiger partial charge in [0.05, 0.1) is 0 Å². The standard InChI is InChI=1S/C13H11IN2O2/c1-8-2-3-9(6-11(8)14)16-13(18)10-7-15-5-4-12(10)17/h2-7H,1H3,(H,15,17)(H,16,18). The van der Waals surface area contributed by atoms with Crippen LogP contribution in [0.3, 0.4) is 0 Å². The van der Waals surface area contributed by atoms with E-state index < -0.39 is 5.91 Å². The Hall–Kier alpha value is -1.63. The molecular weight excluding hydrogens is 343 g/mol. The summed E-state index contributed by atoms with van der Waals surface area (Å²) in [6.45, 7) is 2.00. The van der Waals surface area contributed by atoms with Gasteiger partial charge in [0.15, 0.2) is 5.43 Å². The van der Waals surface area contributed by atoms with Crippen LogP contribution in [-0.2, 0) is 0 Å². The van der Waals surface area contributed by atoms with Gasteiger partial charge >= 0.3 is 0 Å². The van der Waals surface area contributed by atoms with Crippen LogP contribution in [-0.4, -0.2) is 10.9 Å². The first kappa shape index (κ1) is 12.8. The average molecular weight is 354 g/mol. The lowest BCUT2D eigenvalue weighted by Gasteiger charge is -2.06. The summed E-state index contributed by atoms with van der Waals surface area (Å²) < 4.78 is 1.06. The number of hydrogen-bond donors (Lipinski definition) is 2. The fourth-order valence-electron chi connectivity index (χ4n) is 1.46. The maximum absolute atomic E-state index is 11.9. The molecule has 0 saturated heterocycles. The first-order valence-corrected chi connectivity index (χ1v) is 6.40. The van der Waals surface area contributed by atoms with Crippen LogP contribution in [0.5, 0.6) is 0 Å². The maximum Gasteiger partial charge on any atom is 0.261 e. The topological polar surface area (TPSA) is 62.0 Å². The molecule has 5 heteroatoms. The lowest BCUT2D eigenvalue weighted by Crippen LogP contribution is -2.20. The highest BCUT2D eigenvalue weighted by Crippen LogP contribution is 2.17. The number of anilines is 1. The molecule has 0 saturated carbocycles. The van der Waals surface area contributed by atoms with Crippen molar-refractivity contribution in [2.24, 2.45) is 0 Å². The molecule has 18 heavy (non-hydrogen) atoms. The molecule has 0 spiro atoms. The molecule has 2 rings (SSSR count). The molecule has 2 N–H and O–H groups in total. The average Bonchev–Trinajstić information content (AvgIpc) is 2.34. The van der Waals surface area contributed by atoms with Crippen LogP contribution in [0.4, 0.5) is 5.69 Å². The van der Waals surface area contributed by atoms with E-state index in [0.29, 0.717) is 5.69 Å². The van der Waals surface area contributed by atoms with Crippen molar-refractivity contribution in [3.8, 4) is 0 Å². The number of benzene rings is 1. The van der Waals surface area contributed by atoms with Crippen LogP contribution in [0.1, 0.15) is 15.9 Å². The highest BCUT2D eigenvalue weighted by Gasteiger charge is 2.09. The van der Waals surface area contributed by atoms with Crippen molar-refractivity contribution in [3.63, 3.8) is 0 Å². The number of carbonyl (C=O) groups excluding carboxylic acids is 1. The molecule has 1 amide bonds. The zero-order chi connectivity index (χ0) is 13.1. The molecule has 2 aromatic rings. The van der Waals surface area contributed by atoms with E-state index in [2.05, 4.69) is 32.9 Å². The van der Waals surface area contributed by atoms with Crippen molar-refractivity contribution in [1.82, 2.24) is 4.98 Å². The summed E-state index contributed by atoms with van der Waals surface area (Å²) in [7, 11) is 0. The fraction of sp³-hybridized carbons (Fsp3) is 0.0769. The number of aromatic nitrogens is 1. The number of aromatic amines is 1. The minimum absolute atomic E-state index is 0.105. The van der Waals surface area contributed by atoms with Crippen molar-refractivity contribution < 1.29 is 4.79 Å². The summed E-state index contributed by atoms with van der Waals surface area (Å²) in [5, 5.41) is 2.70. The van der Waals surface area contributed by atoms with Gasteiger partial charge in [-0.2, -0.15) is 0 Å². The summed E-state index contributed by atoms with van der Waals surface area (Å²) in [6.07, 6.45) is 2.89. The van der Waals surface area contributed by atoms with Crippen LogP contribution < -0.4 is 10.7 Å². The van der Waals surface area contributed by atoms with E-state index in [1.54, 1.807) is 0 Å². The van der Waals surface area contributed by atoms with E-state index >= 15 is 0 Å². The second-order valence-corrected chi connectivity index (χ2v) is 5.00. The summed E-state index contributed by atoms with van der Waals surface area (Å²) >= 11 is 2.20. The molecule has 0 fully saturated rings. The summed E-state index contributed by atoms with van der Waals surface area (Å²) in [6, 6.07) is 6.93. The predicted octanol–water partition coefficient (Wildman–Crippen LogP) is 2.54. The lowest BCUT2D eigenvalue weighted by atomic mass is 10.2. The second kappa shape index (κ2) is 5.34.